The number of thiophene rings is 1. The van der Waals surface area contributed by atoms with Gasteiger partial charge in [0, 0.05) is 10.4 Å². The molecule has 64 valence electrons. The van der Waals surface area contributed by atoms with Crippen LogP contribution in [-0.2, 0) is 0 Å². The Labute approximate surface area is 77.8 Å². The Morgan fingerprint density at radius 3 is 3.00 bits per heavy atom. The number of hydrogen-bond donors (Lipinski definition) is 1. The number of aryl methyl sites for hydroxylation is 1. The zero-order chi connectivity index (χ0) is 8.81. The second kappa shape index (κ2) is 4.97. The van der Waals surface area contributed by atoms with E-state index in [9.17, 15) is 0 Å². The van der Waals surface area contributed by atoms with E-state index in [4.69, 9.17) is 0 Å². The molecule has 0 fully saturated rings. The monoisotopic (exact) mass is 179 g/mol. The van der Waals surface area contributed by atoms with Crippen molar-refractivity contribution in [1.82, 2.24) is 5.32 Å². The molecule has 0 spiro atoms. The van der Waals surface area contributed by atoms with Crippen molar-refractivity contribution in [2.24, 2.45) is 0 Å². The van der Waals surface area contributed by atoms with Crippen molar-refractivity contribution >= 4 is 11.3 Å². The summed E-state index contributed by atoms with van der Waals surface area (Å²) in [5.74, 6) is 6.20. The lowest BCUT2D eigenvalue weighted by atomic mass is 10.3. The summed E-state index contributed by atoms with van der Waals surface area (Å²) in [5.41, 5.74) is 1.16. The van der Waals surface area contributed by atoms with Gasteiger partial charge in [-0.1, -0.05) is 18.8 Å². The van der Waals surface area contributed by atoms with Crippen LogP contribution in [0.5, 0.6) is 0 Å². The Bertz CT molecular complexity index is 290. The summed E-state index contributed by atoms with van der Waals surface area (Å²) in [7, 11) is 0. The minimum Gasteiger partial charge on any atom is -0.306 e. The van der Waals surface area contributed by atoms with Crippen LogP contribution in [0.1, 0.15) is 17.4 Å². The van der Waals surface area contributed by atoms with Crippen LogP contribution in [0.15, 0.2) is 11.4 Å². The Morgan fingerprint density at radius 2 is 2.42 bits per heavy atom. The number of nitrogens with one attached hydrogen (secondary N) is 1. The van der Waals surface area contributed by atoms with Gasteiger partial charge in [-0.3, -0.25) is 0 Å². The summed E-state index contributed by atoms with van der Waals surface area (Å²) >= 11 is 1.75. The van der Waals surface area contributed by atoms with Crippen LogP contribution in [-0.4, -0.2) is 13.1 Å². The first-order chi connectivity index (χ1) is 5.84. The van der Waals surface area contributed by atoms with Crippen LogP contribution in [0, 0.1) is 18.8 Å². The van der Waals surface area contributed by atoms with Crippen LogP contribution in [0.3, 0.4) is 0 Å². The van der Waals surface area contributed by atoms with Crippen LogP contribution in [0.4, 0.5) is 0 Å². The highest BCUT2D eigenvalue weighted by atomic mass is 32.1. The van der Waals surface area contributed by atoms with Gasteiger partial charge in [-0.2, -0.15) is 0 Å². The third-order valence-corrected chi connectivity index (χ3v) is 2.39. The van der Waals surface area contributed by atoms with E-state index in [-0.39, 0.29) is 0 Å². The lowest BCUT2D eigenvalue weighted by Gasteiger charge is -1.89. The molecule has 0 aliphatic carbocycles. The van der Waals surface area contributed by atoms with E-state index in [1.54, 1.807) is 11.3 Å². The fourth-order valence-corrected chi connectivity index (χ4v) is 1.50. The van der Waals surface area contributed by atoms with E-state index in [0.29, 0.717) is 0 Å². The summed E-state index contributed by atoms with van der Waals surface area (Å²) in [6.07, 6.45) is 0. The summed E-state index contributed by atoms with van der Waals surface area (Å²) in [6, 6.07) is 2.07. The highest BCUT2D eigenvalue weighted by Gasteiger charge is 1.92. The number of rotatable bonds is 2. The number of hydrogen-bond acceptors (Lipinski definition) is 2. The average molecular weight is 179 g/mol. The molecule has 1 N–H and O–H groups in total. The van der Waals surface area contributed by atoms with Crippen molar-refractivity contribution in [3.05, 3.63) is 21.9 Å². The maximum absolute atomic E-state index is 3.16. The van der Waals surface area contributed by atoms with Crippen LogP contribution >= 0.6 is 11.3 Å². The van der Waals surface area contributed by atoms with Crippen LogP contribution < -0.4 is 5.32 Å². The molecule has 1 aromatic rings. The van der Waals surface area contributed by atoms with Crippen molar-refractivity contribution < 1.29 is 0 Å². The smallest absolute Gasteiger partial charge is 0.0580 e. The molecule has 0 amide bonds. The average Bonchev–Trinajstić information content (AvgIpc) is 2.46. The first-order valence-electron chi connectivity index (χ1n) is 4.08. The summed E-state index contributed by atoms with van der Waals surface area (Å²) in [6.45, 7) is 5.95. The van der Waals surface area contributed by atoms with Gasteiger partial charge in [-0.15, -0.1) is 11.3 Å². The Kier molecular flexibility index (Phi) is 3.86. The molecule has 0 atom stereocenters. The Balaban J connectivity index is 2.49. The van der Waals surface area contributed by atoms with Crippen molar-refractivity contribution in [2.75, 3.05) is 13.1 Å². The van der Waals surface area contributed by atoms with Crippen LogP contribution in [0.2, 0.25) is 0 Å². The Hall–Kier alpha value is -0.780. The molecule has 0 radical (unpaired) electrons. The highest BCUT2D eigenvalue weighted by molar-refractivity contribution is 7.10. The van der Waals surface area contributed by atoms with Gasteiger partial charge in [-0.25, -0.2) is 0 Å². The van der Waals surface area contributed by atoms with Gasteiger partial charge < -0.3 is 5.32 Å². The van der Waals surface area contributed by atoms with E-state index >= 15 is 0 Å². The molecule has 0 unspecified atom stereocenters. The van der Waals surface area contributed by atoms with Gasteiger partial charge in [0.15, 0.2) is 0 Å². The van der Waals surface area contributed by atoms with E-state index in [1.165, 1.54) is 4.88 Å². The predicted octanol–water partition coefficient (Wildman–Crippen LogP) is 2.02. The first-order valence-corrected chi connectivity index (χ1v) is 4.96. The van der Waals surface area contributed by atoms with Crippen molar-refractivity contribution in [2.45, 2.75) is 13.8 Å². The normalized spacial score (nSPS) is 9.17. The standard InChI is InChI=1S/C10H13NS/c1-3-11-7-4-5-10-6-8-12-9(10)2/h6,8,11H,3,7H2,1-2H3. The van der Waals surface area contributed by atoms with Gasteiger partial charge in [0.25, 0.3) is 0 Å². The van der Waals surface area contributed by atoms with Crippen molar-refractivity contribution in [1.29, 1.82) is 0 Å². The second-order valence-corrected chi connectivity index (χ2v) is 3.59. The molecule has 1 nitrogen and oxygen atoms in total. The molecule has 0 bridgehead atoms. The van der Waals surface area contributed by atoms with E-state index < -0.39 is 0 Å². The molecule has 0 aliphatic heterocycles. The van der Waals surface area contributed by atoms with Gasteiger partial charge >= 0.3 is 0 Å². The van der Waals surface area contributed by atoms with Crippen molar-refractivity contribution in [3.8, 4) is 11.8 Å². The molecule has 0 saturated heterocycles. The molecule has 12 heavy (non-hydrogen) atoms. The quantitative estimate of drug-likeness (QED) is 0.541. The molecule has 1 aromatic heterocycles. The fourth-order valence-electron chi connectivity index (χ4n) is 0.842. The van der Waals surface area contributed by atoms with E-state index in [2.05, 4.69) is 42.5 Å². The third kappa shape index (κ3) is 2.69. The molecule has 1 rings (SSSR count). The maximum Gasteiger partial charge on any atom is 0.0580 e. The third-order valence-electron chi connectivity index (χ3n) is 1.55. The predicted molar refractivity (Wildman–Crippen MR) is 54.5 cm³/mol. The largest absolute Gasteiger partial charge is 0.306 e. The summed E-state index contributed by atoms with van der Waals surface area (Å²) in [4.78, 5) is 1.30. The highest BCUT2D eigenvalue weighted by Crippen LogP contribution is 2.12. The Morgan fingerprint density at radius 1 is 1.58 bits per heavy atom. The molecule has 2 heteroatoms. The summed E-state index contributed by atoms with van der Waals surface area (Å²) in [5, 5.41) is 5.24. The molecule has 1 heterocycles. The SMILES string of the molecule is CCNCC#Cc1ccsc1C. The van der Waals surface area contributed by atoms with Gasteiger partial charge in [0.1, 0.15) is 0 Å². The molecular weight excluding hydrogens is 166 g/mol. The van der Waals surface area contributed by atoms with Gasteiger partial charge in [-0.05, 0) is 24.9 Å². The van der Waals surface area contributed by atoms with Gasteiger partial charge in [0.2, 0.25) is 0 Å². The molecule has 0 aromatic carbocycles. The molecule has 0 aliphatic rings. The van der Waals surface area contributed by atoms with Crippen LogP contribution in [0.25, 0.3) is 0 Å². The topological polar surface area (TPSA) is 12.0 Å². The zero-order valence-electron chi connectivity index (χ0n) is 7.48. The second-order valence-electron chi connectivity index (χ2n) is 2.47. The minimum absolute atomic E-state index is 0.784. The van der Waals surface area contributed by atoms with E-state index in [1.807, 2.05) is 0 Å². The lowest BCUT2D eigenvalue weighted by molar-refractivity contribution is 0.811. The van der Waals surface area contributed by atoms with Crippen molar-refractivity contribution in [3.63, 3.8) is 0 Å². The fraction of sp³-hybridized carbons (Fsp3) is 0.400. The summed E-state index contributed by atoms with van der Waals surface area (Å²) < 4.78 is 0. The van der Waals surface area contributed by atoms with E-state index in [0.717, 1.165) is 18.7 Å². The molecule has 0 saturated carbocycles. The zero-order valence-corrected chi connectivity index (χ0v) is 8.29. The maximum atomic E-state index is 3.16. The molecular formula is C10H13NS. The van der Waals surface area contributed by atoms with Gasteiger partial charge in [0.05, 0.1) is 6.54 Å². The minimum atomic E-state index is 0.784. The lowest BCUT2D eigenvalue weighted by Crippen LogP contribution is -2.11. The first kappa shape index (κ1) is 9.31.